The van der Waals surface area contributed by atoms with Gasteiger partial charge >= 0.3 is 0 Å². The number of rotatable bonds is 16. The van der Waals surface area contributed by atoms with E-state index >= 15 is 0 Å². The first kappa shape index (κ1) is 34.5. The summed E-state index contributed by atoms with van der Waals surface area (Å²) in [4.78, 5) is 15.2. The summed E-state index contributed by atoms with van der Waals surface area (Å²) in [5.74, 6) is -1.18. The van der Waals surface area contributed by atoms with Crippen molar-refractivity contribution in [3.63, 3.8) is 0 Å². The Morgan fingerprint density at radius 3 is 2.22 bits per heavy atom. The number of β-lactam (4-membered cyclic amide) rings is 1. The van der Waals surface area contributed by atoms with Crippen molar-refractivity contribution in [3.05, 3.63) is 94.8 Å². The van der Waals surface area contributed by atoms with Crippen LogP contribution in [0.15, 0.2) is 66.7 Å². The lowest BCUT2D eigenvalue weighted by Gasteiger charge is -2.48. The minimum atomic E-state index is -3.26. The Hall–Kier alpha value is -3.39. The number of hydrogen-bond acceptors (Lipinski definition) is 8. The van der Waals surface area contributed by atoms with E-state index in [4.69, 9.17) is 0 Å². The van der Waals surface area contributed by atoms with Crippen LogP contribution < -0.4 is 9.62 Å². The summed E-state index contributed by atoms with van der Waals surface area (Å²) in [5, 5.41) is 50.8. The molecule has 1 fully saturated rings. The van der Waals surface area contributed by atoms with Crippen LogP contribution in [0, 0.1) is 11.7 Å². The molecule has 12 heteroatoms. The van der Waals surface area contributed by atoms with E-state index < -0.39 is 52.7 Å². The van der Waals surface area contributed by atoms with Gasteiger partial charge in [-0.3, -0.25) is 4.79 Å². The standard InChI is InChI=1S/C33H41FN2O8S/c1-45(43,44)35-18-2-3-22-4-11-26(12-5-22)36-31(27-13-6-23(19-30(27)40)16-17-33(42,20-37)21-38)28(32(36)41)14-15-29(39)24-7-9-25(34)10-8-24/h4-13,19,28-29,31,35,37-40,42H,2-3,14-18,20-21H2,1H3/t28?,29-,31+/m0/s1. The van der Waals surface area contributed by atoms with Crippen LogP contribution in [0.25, 0.3) is 0 Å². The molecular weight excluding hydrogens is 603 g/mol. The molecule has 1 saturated heterocycles. The second kappa shape index (κ2) is 14.8. The zero-order chi connectivity index (χ0) is 32.8. The van der Waals surface area contributed by atoms with Crippen LogP contribution in [0.4, 0.5) is 10.1 Å². The number of anilines is 1. The lowest BCUT2D eigenvalue weighted by atomic mass is 9.77. The fourth-order valence-electron chi connectivity index (χ4n) is 5.62. The highest BCUT2D eigenvalue weighted by molar-refractivity contribution is 7.88. The van der Waals surface area contributed by atoms with E-state index in [1.54, 1.807) is 23.1 Å². The van der Waals surface area contributed by atoms with Crippen molar-refractivity contribution in [1.82, 2.24) is 4.72 Å². The third-order valence-electron chi connectivity index (χ3n) is 8.32. The first-order valence-electron chi connectivity index (χ1n) is 14.9. The SMILES string of the molecule is CS(=O)(=O)NCCCc1ccc(N2C(=O)C(CC[C@H](O)c3ccc(F)cc3)[C@H]2c2ccc(CCC(O)(CO)CO)cc2O)cc1. The molecule has 4 rings (SSSR count). The van der Waals surface area contributed by atoms with Crippen LogP contribution in [0.2, 0.25) is 0 Å². The molecular formula is C33H41FN2O8S. The molecule has 1 heterocycles. The van der Waals surface area contributed by atoms with Gasteiger partial charge in [-0.25, -0.2) is 17.5 Å². The average Bonchev–Trinajstić information content (AvgIpc) is 3.01. The Bertz CT molecular complexity index is 1550. The molecule has 1 amide bonds. The summed E-state index contributed by atoms with van der Waals surface area (Å²) in [6.07, 6.45) is 2.35. The van der Waals surface area contributed by atoms with Gasteiger partial charge in [0.1, 0.15) is 17.2 Å². The molecule has 3 atom stereocenters. The number of halogens is 1. The fourth-order valence-corrected chi connectivity index (χ4v) is 6.13. The van der Waals surface area contributed by atoms with Crippen LogP contribution in [0.1, 0.15) is 60.1 Å². The third kappa shape index (κ3) is 8.87. The topological polar surface area (TPSA) is 168 Å². The summed E-state index contributed by atoms with van der Waals surface area (Å²) in [6.45, 7) is -0.893. The number of carbonyl (C=O) groups is 1. The molecule has 1 aliphatic heterocycles. The lowest BCUT2D eigenvalue weighted by Crippen LogP contribution is -2.55. The Labute approximate surface area is 262 Å². The number of aliphatic hydroxyl groups excluding tert-OH is 3. The van der Waals surface area contributed by atoms with Gasteiger partial charge in [0.2, 0.25) is 15.9 Å². The number of benzene rings is 3. The Morgan fingerprint density at radius 2 is 1.62 bits per heavy atom. The summed E-state index contributed by atoms with van der Waals surface area (Å²) in [5.41, 5.74) is 1.67. The van der Waals surface area contributed by atoms with E-state index in [2.05, 4.69) is 4.72 Å². The lowest BCUT2D eigenvalue weighted by molar-refractivity contribution is -0.131. The van der Waals surface area contributed by atoms with E-state index in [0.29, 0.717) is 48.2 Å². The number of phenolic OH excluding ortho intramolecular Hbond substituents is 1. The maximum atomic E-state index is 13.6. The number of aliphatic hydroxyl groups is 4. The molecule has 6 N–H and O–H groups in total. The van der Waals surface area contributed by atoms with E-state index in [-0.39, 0.29) is 30.9 Å². The summed E-state index contributed by atoms with van der Waals surface area (Å²) < 4.78 is 38.4. The van der Waals surface area contributed by atoms with Gasteiger partial charge in [-0.2, -0.15) is 0 Å². The van der Waals surface area contributed by atoms with Gasteiger partial charge in [0.25, 0.3) is 0 Å². The largest absolute Gasteiger partial charge is 0.508 e. The zero-order valence-electron chi connectivity index (χ0n) is 25.1. The molecule has 1 unspecified atom stereocenters. The normalized spacial score (nSPS) is 17.7. The second-order valence-corrected chi connectivity index (χ2v) is 13.6. The van der Waals surface area contributed by atoms with Gasteiger partial charge in [-0.05, 0) is 85.5 Å². The van der Waals surface area contributed by atoms with E-state index in [0.717, 1.165) is 11.8 Å². The molecule has 0 spiro atoms. The quantitative estimate of drug-likeness (QED) is 0.102. The molecule has 0 saturated carbocycles. The average molecular weight is 645 g/mol. The predicted molar refractivity (Wildman–Crippen MR) is 167 cm³/mol. The highest BCUT2D eigenvalue weighted by Crippen LogP contribution is 2.48. The van der Waals surface area contributed by atoms with Crippen molar-refractivity contribution >= 4 is 21.6 Å². The number of carbonyl (C=O) groups excluding carboxylic acids is 1. The number of sulfonamides is 1. The fraction of sp³-hybridized carbons (Fsp3) is 0.424. The van der Waals surface area contributed by atoms with Crippen LogP contribution in [-0.2, 0) is 27.7 Å². The maximum Gasteiger partial charge on any atom is 0.233 e. The number of aryl methyl sites for hydroxylation is 2. The molecule has 1 aliphatic rings. The molecule has 0 aromatic heterocycles. The van der Waals surface area contributed by atoms with Crippen molar-refractivity contribution in [2.45, 2.75) is 56.3 Å². The summed E-state index contributed by atoms with van der Waals surface area (Å²) in [6, 6.07) is 17.4. The highest BCUT2D eigenvalue weighted by Gasteiger charge is 2.49. The van der Waals surface area contributed by atoms with Gasteiger partial charge in [-0.15, -0.1) is 0 Å². The van der Waals surface area contributed by atoms with Gasteiger partial charge in [0.05, 0.1) is 37.5 Å². The number of aromatic hydroxyl groups is 1. The maximum absolute atomic E-state index is 13.6. The monoisotopic (exact) mass is 644 g/mol. The highest BCUT2D eigenvalue weighted by atomic mass is 32.2. The Balaban J connectivity index is 1.53. The van der Waals surface area contributed by atoms with E-state index in [9.17, 15) is 43.1 Å². The number of nitrogens with one attached hydrogen (secondary N) is 1. The number of nitrogens with zero attached hydrogens (tertiary/aromatic N) is 1. The van der Waals surface area contributed by atoms with Crippen LogP contribution in [-0.4, -0.2) is 71.5 Å². The van der Waals surface area contributed by atoms with Crippen molar-refractivity contribution in [1.29, 1.82) is 0 Å². The van der Waals surface area contributed by atoms with Crippen LogP contribution in [0.5, 0.6) is 5.75 Å². The molecule has 3 aromatic rings. The Kier molecular flexibility index (Phi) is 11.3. The molecule has 0 bridgehead atoms. The van der Waals surface area contributed by atoms with Crippen molar-refractivity contribution in [2.24, 2.45) is 5.92 Å². The van der Waals surface area contributed by atoms with Crippen LogP contribution >= 0.6 is 0 Å². The first-order chi connectivity index (χ1) is 21.3. The van der Waals surface area contributed by atoms with Crippen molar-refractivity contribution in [3.8, 4) is 5.75 Å². The van der Waals surface area contributed by atoms with E-state index in [1.807, 2.05) is 24.3 Å². The molecule has 244 valence electrons. The predicted octanol–water partition coefficient (Wildman–Crippen LogP) is 2.88. The van der Waals surface area contributed by atoms with Crippen LogP contribution in [0.3, 0.4) is 0 Å². The number of amides is 1. The van der Waals surface area contributed by atoms with Crippen molar-refractivity contribution in [2.75, 3.05) is 30.9 Å². The summed E-state index contributed by atoms with van der Waals surface area (Å²) in [7, 11) is -3.26. The van der Waals surface area contributed by atoms with Gasteiger partial charge in [0.15, 0.2) is 0 Å². The number of phenols is 1. The van der Waals surface area contributed by atoms with Gasteiger partial charge in [0, 0.05) is 17.8 Å². The first-order valence-corrected chi connectivity index (χ1v) is 16.8. The molecule has 10 nitrogen and oxygen atoms in total. The van der Waals surface area contributed by atoms with Gasteiger partial charge < -0.3 is 30.4 Å². The summed E-state index contributed by atoms with van der Waals surface area (Å²) >= 11 is 0. The molecule has 0 aliphatic carbocycles. The smallest absolute Gasteiger partial charge is 0.233 e. The Morgan fingerprint density at radius 1 is 0.978 bits per heavy atom. The molecule has 45 heavy (non-hydrogen) atoms. The zero-order valence-corrected chi connectivity index (χ0v) is 26.0. The minimum Gasteiger partial charge on any atom is -0.508 e. The van der Waals surface area contributed by atoms with Crippen molar-refractivity contribution < 1.29 is 43.1 Å². The third-order valence-corrected chi connectivity index (χ3v) is 9.05. The molecule has 3 aromatic carbocycles. The van der Waals surface area contributed by atoms with E-state index in [1.165, 1.54) is 24.3 Å². The second-order valence-electron chi connectivity index (χ2n) is 11.8. The van der Waals surface area contributed by atoms with Gasteiger partial charge in [-0.1, -0.05) is 36.4 Å². The molecule has 0 radical (unpaired) electrons. The minimum absolute atomic E-state index is 0.0504. The number of hydrogen-bond donors (Lipinski definition) is 6.